The lowest BCUT2D eigenvalue weighted by Gasteiger charge is -2.43. The Kier molecular flexibility index (Phi) is 4.88. The van der Waals surface area contributed by atoms with Crippen molar-refractivity contribution in [2.45, 2.75) is 66.8 Å². The summed E-state index contributed by atoms with van der Waals surface area (Å²) >= 11 is 0. The molecule has 108 valence electrons. The van der Waals surface area contributed by atoms with Gasteiger partial charge >= 0.3 is 0 Å². The Balaban J connectivity index is 2.38. The maximum atomic E-state index is 3.79. The Labute approximate surface area is 115 Å². The van der Waals surface area contributed by atoms with Crippen LogP contribution in [0.1, 0.15) is 61.3 Å². The number of hydrogen-bond acceptors (Lipinski definition) is 2. The maximum absolute atomic E-state index is 3.79. The van der Waals surface area contributed by atoms with E-state index in [4.69, 9.17) is 0 Å². The number of piperidine rings is 1. The van der Waals surface area contributed by atoms with Gasteiger partial charge in [-0.2, -0.15) is 0 Å². The van der Waals surface area contributed by atoms with Crippen molar-refractivity contribution in [1.29, 1.82) is 0 Å². The molecule has 0 aliphatic carbocycles. The molecule has 0 spiro atoms. The quantitative estimate of drug-likeness (QED) is 0.829. The highest BCUT2D eigenvalue weighted by Gasteiger charge is 2.31. The first kappa shape index (κ1) is 16.0. The summed E-state index contributed by atoms with van der Waals surface area (Å²) in [6, 6.07) is 0. The Morgan fingerprint density at radius 1 is 0.944 bits per heavy atom. The molecule has 1 heterocycles. The van der Waals surface area contributed by atoms with E-state index >= 15 is 0 Å². The molecule has 1 saturated heterocycles. The van der Waals surface area contributed by atoms with Crippen molar-refractivity contribution >= 4 is 0 Å². The lowest BCUT2D eigenvalue weighted by Crippen LogP contribution is -2.54. The summed E-state index contributed by atoms with van der Waals surface area (Å²) in [6.07, 6.45) is 2.55. The minimum Gasteiger partial charge on any atom is -0.311 e. The Morgan fingerprint density at radius 3 is 1.83 bits per heavy atom. The zero-order valence-corrected chi connectivity index (χ0v) is 13.7. The standard InChI is InChI=1S/C16H34N2/c1-14(2,3)12-17-16(7)8-10-18(11-9-16)13-15(4,5)6/h17H,8-13H2,1-7H3. The van der Waals surface area contributed by atoms with Gasteiger partial charge in [0.15, 0.2) is 0 Å². The minimum atomic E-state index is 0.349. The van der Waals surface area contributed by atoms with Crippen LogP contribution in [0, 0.1) is 10.8 Å². The summed E-state index contributed by atoms with van der Waals surface area (Å²) in [5.41, 5.74) is 1.15. The average Bonchev–Trinajstić information content (AvgIpc) is 2.17. The van der Waals surface area contributed by atoms with Crippen LogP contribution in [0.5, 0.6) is 0 Å². The van der Waals surface area contributed by atoms with Gasteiger partial charge in [-0.25, -0.2) is 0 Å². The van der Waals surface area contributed by atoms with Crippen LogP contribution in [0.4, 0.5) is 0 Å². The summed E-state index contributed by atoms with van der Waals surface area (Å²) in [5, 5.41) is 3.79. The second-order valence-electron chi connectivity index (χ2n) is 8.81. The molecule has 2 nitrogen and oxygen atoms in total. The van der Waals surface area contributed by atoms with Crippen molar-refractivity contribution in [2.75, 3.05) is 26.2 Å². The highest BCUT2D eigenvalue weighted by atomic mass is 15.2. The summed E-state index contributed by atoms with van der Waals surface area (Å²) in [6.45, 7) is 21.1. The minimum absolute atomic E-state index is 0.349. The van der Waals surface area contributed by atoms with Gasteiger partial charge in [0.2, 0.25) is 0 Å². The average molecular weight is 254 g/mol. The van der Waals surface area contributed by atoms with Crippen molar-refractivity contribution in [3.63, 3.8) is 0 Å². The summed E-state index contributed by atoms with van der Waals surface area (Å²) < 4.78 is 0. The molecule has 0 bridgehead atoms. The van der Waals surface area contributed by atoms with Gasteiger partial charge in [0.1, 0.15) is 0 Å². The van der Waals surface area contributed by atoms with E-state index in [2.05, 4.69) is 58.7 Å². The van der Waals surface area contributed by atoms with Crippen LogP contribution in [-0.2, 0) is 0 Å². The lowest BCUT2D eigenvalue weighted by atomic mass is 9.86. The molecule has 0 saturated carbocycles. The Morgan fingerprint density at radius 2 is 1.44 bits per heavy atom. The van der Waals surface area contributed by atoms with Crippen molar-refractivity contribution in [2.24, 2.45) is 10.8 Å². The molecule has 0 aromatic carbocycles. The van der Waals surface area contributed by atoms with Gasteiger partial charge in [-0.3, -0.25) is 0 Å². The molecule has 18 heavy (non-hydrogen) atoms. The first-order valence-electron chi connectivity index (χ1n) is 7.47. The summed E-state index contributed by atoms with van der Waals surface area (Å²) in [4.78, 5) is 2.63. The van der Waals surface area contributed by atoms with Gasteiger partial charge in [0.25, 0.3) is 0 Å². The number of rotatable bonds is 3. The van der Waals surface area contributed by atoms with Gasteiger partial charge in [0, 0.05) is 18.6 Å². The molecule has 2 heteroatoms. The zero-order valence-electron chi connectivity index (χ0n) is 13.7. The Bertz CT molecular complexity index is 249. The van der Waals surface area contributed by atoms with Crippen LogP contribution >= 0.6 is 0 Å². The van der Waals surface area contributed by atoms with Crippen LogP contribution in [0.15, 0.2) is 0 Å². The van der Waals surface area contributed by atoms with Crippen LogP contribution in [0.25, 0.3) is 0 Å². The predicted molar refractivity (Wildman–Crippen MR) is 81.0 cm³/mol. The first-order chi connectivity index (χ1) is 7.99. The normalized spacial score (nSPS) is 22.2. The van der Waals surface area contributed by atoms with Crippen molar-refractivity contribution in [1.82, 2.24) is 10.2 Å². The van der Waals surface area contributed by atoms with E-state index in [0.717, 1.165) is 6.54 Å². The van der Waals surface area contributed by atoms with E-state index in [9.17, 15) is 0 Å². The lowest BCUT2D eigenvalue weighted by molar-refractivity contribution is 0.106. The van der Waals surface area contributed by atoms with Crippen molar-refractivity contribution in [3.8, 4) is 0 Å². The van der Waals surface area contributed by atoms with Gasteiger partial charge in [0.05, 0.1) is 0 Å². The summed E-state index contributed by atoms with van der Waals surface area (Å²) in [5.74, 6) is 0. The molecule has 0 amide bonds. The molecule has 0 atom stereocenters. The molecular weight excluding hydrogens is 220 g/mol. The molecule has 1 aliphatic rings. The topological polar surface area (TPSA) is 15.3 Å². The van der Waals surface area contributed by atoms with E-state index in [0.29, 0.717) is 16.4 Å². The third-order valence-electron chi connectivity index (χ3n) is 3.70. The fourth-order valence-electron chi connectivity index (χ4n) is 2.53. The molecule has 0 aromatic rings. The number of nitrogens with one attached hydrogen (secondary N) is 1. The van der Waals surface area contributed by atoms with E-state index < -0.39 is 0 Å². The van der Waals surface area contributed by atoms with E-state index in [1.54, 1.807) is 0 Å². The SMILES string of the molecule is CC(C)(C)CNC1(C)CCN(CC(C)(C)C)CC1. The molecule has 1 rings (SSSR count). The van der Waals surface area contributed by atoms with E-state index in [1.165, 1.54) is 32.5 Å². The van der Waals surface area contributed by atoms with Crippen molar-refractivity contribution < 1.29 is 0 Å². The molecule has 1 fully saturated rings. The molecule has 1 aliphatic heterocycles. The monoisotopic (exact) mass is 254 g/mol. The van der Waals surface area contributed by atoms with Gasteiger partial charge in [-0.1, -0.05) is 41.5 Å². The maximum Gasteiger partial charge on any atom is 0.0177 e. The van der Waals surface area contributed by atoms with Crippen molar-refractivity contribution in [3.05, 3.63) is 0 Å². The van der Waals surface area contributed by atoms with Gasteiger partial charge < -0.3 is 10.2 Å². The number of likely N-dealkylation sites (tertiary alicyclic amines) is 1. The molecule has 0 radical (unpaired) electrons. The molecule has 0 aromatic heterocycles. The second kappa shape index (κ2) is 5.50. The third-order valence-corrected chi connectivity index (χ3v) is 3.70. The summed E-state index contributed by atoms with van der Waals surface area (Å²) in [7, 11) is 0. The Hall–Kier alpha value is -0.0800. The largest absolute Gasteiger partial charge is 0.311 e. The smallest absolute Gasteiger partial charge is 0.0177 e. The highest BCUT2D eigenvalue weighted by Crippen LogP contribution is 2.26. The number of hydrogen-bond donors (Lipinski definition) is 1. The van der Waals surface area contributed by atoms with Crippen LogP contribution in [-0.4, -0.2) is 36.6 Å². The molecular formula is C16H34N2. The van der Waals surface area contributed by atoms with E-state index in [1.807, 2.05) is 0 Å². The van der Waals surface area contributed by atoms with E-state index in [-0.39, 0.29) is 0 Å². The number of nitrogens with zero attached hydrogens (tertiary/aromatic N) is 1. The van der Waals surface area contributed by atoms with Gasteiger partial charge in [-0.15, -0.1) is 0 Å². The fourth-order valence-corrected chi connectivity index (χ4v) is 2.53. The van der Waals surface area contributed by atoms with Crippen LogP contribution in [0.3, 0.4) is 0 Å². The zero-order chi connectivity index (χ0) is 14.0. The van der Waals surface area contributed by atoms with Crippen LogP contribution < -0.4 is 5.32 Å². The predicted octanol–water partition coefficient (Wildman–Crippen LogP) is 3.52. The van der Waals surface area contributed by atoms with Gasteiger partial charge in [-0.05, 0) is 43.7 Å². The first-order valence-corrected chi connectivity index (χ1v) is 7.47. The highest BCUT2D eigenvalue weighted by molar-refractivity contribution is 4.91. The fraction of sp³-hybridized carbons (Fsp3) is 1.00. The third kappa shape index (κ3) is 6.19. The second-order valence-corrected chi connectivity index (χ2v) is 8.81. The molecule has 1 N–H and O–H groups in total. The molecule has 0 unspecified atom stereocenters. The van der Waals surface area contributed by atoms with Crippen LogP contribution in [0.2, 0.25) is 0 Å².